The quantitative estimate of drug-likeness (QED) is 0.688. The first-order chi connectivity index (χ1) is 14.1. The van der Waals surface area contributed by atoms with Crippen LogP contribution in [-0.2, 0) is 30.3 Å². The van der Waals surface area contributed by atoms with E-state index in [0.29, 0.717) is 24.2 Å². The number of carboxylic acids is 1. The fraction of sp³-hybridized carbons (Fsp3) is 0.524. The zero-order valence-corrected chi connectivity index (χ0v) is 17.3. The highest BCUT2D eigenvalue weighted by atomic mass is 16.6. The van der Waals surface area contributed by atoms with E-state index in [0.717, 1.165) is 5.56 Å². The van der Waals surface area contributed by atoms with Crippen LogP contribution in [-0.4, -0.2) is 60.8 Å². The summed E-state index contributed by atoms with van der Waals surface area (Å²) in [6.45, 7) is 6.30. The van der Waals surface area contributed by atoms with Gasteiger partial charge in [-0.3, -0.25) is 14.4 Å². The highest BCUT2D eigenvalue weighted by Gasteiger charge is 2.43. The first-order valence-electron chi connectivity index (χ1n) is 9.83. The number of rotatable bonds is 5. The van der Waals surface area contributed by atoms with E-state index in [1.54, 1.807) is 18.2 Å². The van der Waals surface area contributed by atoms with Crippen molar-refractivity contribution in [2.75, 3.05) is 24.6 Å². The van der Waals surface area contributed by atoms with Gasteiger partial charge in [-0.05, 0) is 35.6 Å². The first kappa shape index (κ1) is 21.8. The van der Waals surface area contributed by atoms with E-state index in [2.05, 4.69) is 5.32 Å². The van der Waals surface area contributed by atoms with E-state index < -0.39 is 30.1 Å². The van der Waals surface area contributed by atoms with Gasteiger partial charge in [0, 0.05) is 24.3 Å². The lowest BCUT2D eigenvalue weighted by Crippen LogP contribution is -2.55. The maximum atomic E-state index is 13.0. The Hall–Kier alpha value is -2.94. The Balaban J connectivity index is 1.80. The second-order valence-electron chi connectivity index (χ2n) is 8.61. The number of anilines is 1. The van der Waals surface area contributed by atoms with E-state index in [4.69, 9.17) is 9.47 Å². The van der Waals surface area contributed by atoms with Crippen molar-refractivity contribution in [3.63, 3.8) is 0 Å². The molecule has 0 radical (unpaired) electrons. The number of hydrogen-bond donors (Lipinski definition) is 2. The van der Waals surface area contributed by atoms with Crippen molar-refractivity contribution in [1.82, 2.24) is 5.32 Å². The summed E-state index contributed by atoms with van der Waals surface area (Å²) in [5.41, 5.74) is 1.53. The Kier molecular flexibility index (Phi) is 6.12. The standard InChI is InChI=1S/C21H26N2O7/c1-21(2,3)11-15(24)30-17(20(27)28)16-19(26)23(8-9-29-16)13-4-5-14-12(10-13)6-7-22-18(14)25/h4-5,10,16-17H,6-9,11H2,1-3H3,(H,22,25)(H,27,28)/t16-,17-/m1/s1. The van der Waals surface area contributed by atoms with Gasteiger partial charge >= 0.3 is 11.9 Å². The lowest BCUT2D eigenvalue weighted by Gasteiger charge is -2.35. The fourth-order valence-electron chi connectivity index (χ4n) is 3.52. The van der Waals surface area contributed by atoms with E-state index in [-0.39, 0.29) is 30.9 Å². The third-order valence-electron chi connectivity index (χ3n) is 4.90. The number of amides is 2. The Morgan fingerprint density at radius 3 is 2.73 bits per heavy atom. The molecule has 0 aliphatic carbocycles. The second-order valence-corrected chi connectivity index (χ2v) is 8.61. The Bertz CT molecular complexity index is 875. The van der Waals surface area contributed by atoms with Crippen LogP contribution in [0.1, 0.15) is 43.1 Å². The molecular weight excluding hydrogens is 392 g/mol. The Morgan fingerprint density at radius 2 is 2.07 bits per heavy atom. The number of benzene rings is 1. The van der Waals surface area contributed by atoms with Crippen LogP contribution < -0.4 is 10.2 Å². The predicted octanol–water partition coefficient (Wildman–Crippen LogP) is 1.14. The van der Waals surface area contributed by atoms with E-state index in [9.17, 15) is 24.3 Å². The molecule has 1 fully saturated rings. The molecule has 0 bridgehead atoms. The van der Waals surface area contributed by atoms with Crippen LogP contribution in [0.5, 0.6) is 0 Å². The number of carbonyl (C=O) groups excluding carboxylic acids is 3. The molecule has 0 saturated carbocycles. The highest BCUT2D eigenvalue weighted by molar-refractivity contribution is 6.02. The van der Waals surface area contributed by atoms with Gasteiger partial charge < -0.3 is 24.8 Å². The summed E-state index contributed by atoms with van der Waals surface area (Å²) in [5.74, 6) is -2.91. The first-order valence-corrected chi connectivity index (χ1v) is 9.83. The van der Waals surface area contributed by atoms with Crippen LogP contribution in [0.25, 0.3) is 0 Å². The molecule has 2 heterocycles. The van der Waals surface area contributed by atoms with Crippen molar-refractivity contribution in [3.05, 3.63) is 29.3 Å². The zero-order valence-electron chi connectivity index (χ0n) is 17.3. The highest BCUT2D eigenvalue weighted by Crippen LogP contribution is 2.26. The molecule has 2 aliphatic heterocycles. The van der Waals surface area contributed by atoms with Gasteiger partial charge in [-0.2, -0.15) is 0 Å². The van der Waals surface area contributed by atoms with Crippen molar-refractivity contribution >= 4 is 29.4 Å². The van der Waals surface area contributed by atoms with Gasteiger partial charge in [0.2, 0.25) is 6.10 Å². The third-order valence-corrected chi connectivity index (χ3v) is 4.90. The van der Waals surface area contributed by atoms with Crippen molar-refractivity contribution in [2.24, 2.45) is 5.41 Å². The lowest BCUT2D eigenvalue weighted by molar-refractivity contribution is -0.179. The summed E-state index contributed by atoms with van der Waals surface area (Å²) >= 11 is 0. The lowest BCUT2D eigenvalue weighted by atomic mass is 9.92. The van der Waals surface area contributed by atoms with Crippen LogP contribution in [0.15, 0.2) is 18.2 Å². The average Bonchev–Trinajstić information content (AvgIpc) is 2.65. The molecule has 1 aromatic carbocycles. The molecule has 2 atom stereocenters. The normalized spacial score (nSPS) is 20.2. The van der Waals surface area contributed by atoms with Crippen LogP contribution in [0.4, 0.5) is 5.69 Å². The van der Waals surface area contributed by atoms with Gasteiger partial charge in [-0.15, -0.1) is 0 Å². The zero-order chi connectivity index (χ0) is 22.1. The molecule has 2 N–H and O–H groups in total. The number of hydrogen-bond acceptors (Lipinski definition) is 6. The summed E-state index contributed by atoms with van der Waals surface area (Å²) in [7, 11) is 0. The van der Waals surface area contributed by atoms with Crippen LogP contribution in [0.3, 0.4) is 0 Å². The molecule has 1 aromatic rings. The minimum Gasteiger partial charge on any atom is -0.478 e. The van der Waals surface area contributed by atoms with Crippen molar-refractivity contribution in [3.8, 4) is 0 Å². The minimum absolute atomic E-state index is 0.00823. The van der Waals surface area contributed by atoms with Gasteiger partial charge in [0.1, 0.15) is 0 Å². The van der Waals surface area contributed by atoms with Crippen LogP contribution in [0.2, 0.25) is 0 Å². The van der Waals surface area contributed by atoms with Gasteiger partial charge in [-0.25, -0.2) is 4.79 Å². The number of esters is 1. The summed E-state index contributed by atoms with van der Waals surface area (Å²) in [6.07, 6.45) is -2.54. The van der Waals surface area contributed by atoms with Crippen molar-refractivity contribution < 1.29 is 33.8 Å². The molecule has 0 unspecified atom stereocenters. The monoisotopic (exact) mass is 418 g/mol. The number of ether oxygens (including phenoxy) is 2. The number of fused-ring (bicyclic) bond motifs is 1. The Labute approximate surface area is 174 Å². The second kappa shape index (κ2) is 8.43. The minimum atomic E-state index is -1.74. The van der Waals surface area contributed by atoms with E-state index in [1.165, 1.54) is 4.90 Å². The number of carbonyl (C=O) groups is 4. The SMILES string of the molecule is CC(C)(C)CC(=O)O[C@@H](C(=O)O)[C@H]1OCCN(c2ccc3c(c2)CCNC3=O)C1=O. The van der Waals surface area contributed by atoms with Gasteiger partial charge in [0.15, 0.2) is 6.10 Å². The van der Waals surface area contributed by atoms with Gasteiger partial charge in [0.25, 0.3) is 11.8 Å². The smallest absolute Gasteiger partial charge is 0.348 e. The largest absolute Gasteiger partial charge is 0.478 e. The van der Waals surface area contributed by atoms with E-state index >= 15 is 0 Å². The molecule has 9 nitrogen and oxygen atoms in total. The van der Waals surface area contributed by atoms with Crippen molar-refractivity contribution in [1.29, 1.82) is 0 Å². The van der Waals surface area contributed by atoms with Gasteiger partial charge in [0.05, 0.1) is 13.0 Å². The number of carboxylic acid groups (broad SMARTS) is 1. The molecule has 1 saturated heterocycles. The van der Waals surface area contributed by atoms with E-state index in [1.807, 2.05) is 20.8 Å². The maximum Gasteiger partial charge on any atom is 0.348 e. The average molecular weight is 418 g/mol. The molecular formula is C21H26N2O7. The fourth-order valence-corrected chi connectivity index (χ4v) is 3.52. The summed E-state index contributed by atoms with van der Waals surface area (Å²) < 4.78 is 10.5. The number of nitrogens with one attached hydrogen (secondary N) is 1. The van der Waals surface area contributed by atoms with Crippen LogP contribution >= 0.6 is 0 Å². The van der Waals surface area contributed by atoms with Crippen LogP contribution in [0, 0.1) is 5.41 Å². The number of morpholine rings is 1. The molecule has 0 aromatic heterocycles. The summed E-state index contributed by atoms with van der Waals surface area (Å²) in [6, 6.07) is 5.05. The molecule has 3 rings (SSSR count). The molecule has 2 amide bonds. The molecule has 2 aliphatic rings. The molecule has 162 valence electrons. The summed E-state index contributed by atoms with van der Waals surface area (Å²) in [5, 5.41) is 12.3. The summed E-state index contributed by atoms with van der Waals surface area (Å²) in [4.78, 5) is 50.3. The molecule has 0 spiro atoms. The molecule has 9 heteroatoms. The topological polar surface area (TPSA) is 122 Å². The van der Waals surface area contributed by atoms with Crippen molar-refractivity contribution in [2.45, 2.75) is 45.8 Å². The van der Waals surface area contributed by atoms with Gasteiger partial charge in [-0.1, -0.05) is 20.8 Å². The number of aliphatic carboxylic acids is 1. The molecule has 30 heavy (non-hydrogen) atoms. The Morgan fingerprint density at radius 1 is 1.33 bits per heavy atom. The third kappa shape index (κ3) is 4.79. The maximum absolute atomic E-state index is 13.0. The number of nitrogens with zero attached hydrogens (tertiary/aromatic N) is 1. The predicted molar refractivity (Wildman–Crippen MR) is 106 cm³/mol.